The number of hydrogen-bond acceptors (Lipinski definition) is 2. The largest absolute Gasteiger partial charge is 0.365 e. The summed E-state index contributed by atoms with van der Waals surface area (Å²) in [6, 6.07) is 8.95. The Bertz CT molecular complexity index is 398. The lowest BCUT2D eigenvalue weighted by atomic mass is 9.97. The molecule has 2 atom stereocenters. The number of benzene rings is 1. The van der Waals surface area contributed by atoms with E-state index in [0.717, 1.165) is 25.9 Å². The summed E-state index contributed by atoms with van der Waals surface area (Å²) < 4.78 is 6.27. The second-order valence-corrected chi connectivity index (χ2v) is 6.38. The molecule has 0 aliphatic carbocycles. The first-order chi connectivity index (χ1) is 9.02. The quantitative estimate of drug-likeness (QED) is 0.892. The SMILES string of the molecule is CCC1(C)CNCC(c2ccc(CC(C)C)cc2)O1. The summed E-state index contributed by atoms with van der Waals surface area (Å²) in [5, 5.41) is 3.50. The highest BCUT2D eigenvalue weighted by Gasteiger charge is 2.31. The maximum Gasteiger partial charge on any atom is 0.0957 e. The van der Waals surface area contributed by atoms with Crippen LogP contribution in [0.15, 0.2) is 24.3 Å². The number of ether oxygens (including phenoxy) is 1. The van der Waals surface area contributed by atoms with Gasteiger partial charge in [0.1, 0.15) is 0 Å². The second kappa shape index (κ2) is 6.06. The molecule has 0 spiro atoms. The summed E-state index contributed by atoms with van der Waals surface area (Å²) in [5.41, 5.74) is 2.68. The molecule has 1 aliphatic rings. The zero-order valence-electron chi connectivity index (χ0n) is 12.7. The number of hydrogen-bond donors (Lipinski definition) is 1. The van der Waals surface area contributed by atoms with E-state index >= 15 is 0 Å². The summed E-state index contributed by atoms with van der Waals surface area (Å²) >= 11 is 0. The van der Waals surface area contributed by atoms with E-state index in [2.05, 4.69) is 57.3 Å². The smallest absolute Gasteiger partial charge is 0.0957 e. The molecule has 2 heteroatoms. The zero-order chi connectivity index (χ0) is 13.9. The minimum atomic E-state index is -0.0283. The van der Waals surface area contributed by atoms with E-state index in [-0.39, 0.29) is 11.7 Å². The van der Waals surface area contributed by atoms with E-state index < -0.39 is 0 Å². The summed E-state index contributed by atoms with van der Waals surface area (Å²) in [7, 11) is 0. The molecule has 1 aliphatic heterocycles. The van der Waals surface area contributed by atoms with Gasteiger partial charge in [0.2, 0.25) is 0 Å². The third-order valence-electron chi connectivity index (χ3n) is 4.00. The average Bonchev–Trinajstić information content (AvgIpc) is 2.39. The lowest BCUT2D eigenvalue weighted by molar-refractivity contribution is -0.109. The average molecular weight is 261 g/mol. The second-order valence-electron chi connectivity index (χ2n) is 6.38. The highest BCUT2D eigenvalue weighted by molar-refractivity contribution is 5.25. The summed E-state index contributed by atoms with van der Waals surface area (Å²) in [5.74, 6) is 0.710. The van der Waals surface area contributed by atoms with E-state index in [1.807, 2.05) is 0 Å². The van der Waals surface area contributed by atoms with E-state index in [0.29, 0.717) is 5.92 Å². The van der Waals surface area contributed by atoms with Gasteiger partial charge in [0.05, 0.1) is 11.7 Å². The number of nitrogens with one attached hydrogen (secondary N) is 1. The predicted molar refractivity (Wildman–Crippen MR) is 80.4 cm³/mol. The molecule has 0 saturated carbocycles. The topological polar surface area (TPSA) is 21.3 Å². The van der Waals surface area contributed by atoms with Crippen LogP contribution in [0, 0.1) is 5.92 Å². The molecular formula is C17H27NO. The molecule has 1 saturated heterocycles. The molecule has 1 aromatic carbocycles. The van der Waals surface area contributed by atoms with Gasteiger partial charge in [-0.3, -0.25) is 0 Å². The van der Waals surface area contributed by atoms with Gasteiger partial charge in [0.15, 0.2) is 0 Å². The minimum Gasteiger partial charge on any atom is -0.365 e. The Labute approximate surface area is 117 Å². The van der Waals surface area contributed by atoms with Gasteiger partial charge in [-0.2, -0.15) is 0 Å². The molecule has 19 heavy (non-hydrogen) atoms. The van der Waals surface area contributed by atoms with Crippen molar-refractivity contribution in [2.24, 2.45) is 5.92 Å². The first kappa shape index (κ1) is 14.5. The Morgan fingerprint density at radius 2 is 2.00 bits per heavy atom. The molecular weight excluding hydrogens is 234 g/mol. The monoisotopic (exact) mass is 261 g/mol. The van der Waals surface area contributed by atoms with Crippen LogP contribution in [0.25, 0.3) is 0 Å². The minimum absolute atomic E-state index is 0.0283. The Balaban J connectivity index is 2.05. The van der Waals surface area contributed by atoms with Crippen LogP contribution in [-0.2, 0) is 11.2 Å². The Kier molecular flexibility index (Phi) is 4.64. The molecule has 0 aromatic heterocycles. The fourth-order valence-corrected chi connectivity index (χ4v) is 2.63. The summed E-state index contributed by atoms with van der Waals surface area (Å²) in [6.45, 7) is 10.8. The molecule has 1 aromatic rings. The van der Waals surface area contributed by atoms with Crippen molar-refractivity contribution in [2.75, 3.05) is 13.1 Å². The van der Waals surface area contributed by atoms with Crippen molar-refractivity contribution in [2.45, 2.75) is 52.2 Å². The lowest BCUT2D eigenvalue weighted by Crippen LogP contribution is -2.48. The molecule has 2 unspecified atom stereocenters. The van der Waals surface area contributed by atoms with E-state index in [1.165, 1.54) is 11.1 Å². The fraction of sp³-hybridized carbons (Fsp3) is 0.647. The lowest BCUT2D eigenvalue weighted by Gasteiger charge is -2.39. The van der Waals surface area contributed by atoms with Crippen LogP contribution in [0.1, 0.15) is 51.3 Å². The first-order valence-corrected chi connectivity index (χ1v) is 7.50. The molecule has 0 bridgehead atoms. The molecule has 1 fully saturated rings. The van der Waals surface area contributed by atoms with E-state index in [9.17, 15) is 0 Å². The summed E-state index contributed by atoms with van der Waals surface area (Å²) in [6.07, 6.45) is 2.38. The van der Waals surface area contributed by atoms with Gasteiger partial charge >= 0.3 is 0 Å². The molecule has 2 nitrogen and oxygen atoms in total. The normalized spacial score (nSPS) is 27.7. The molecule has 0 amide bonds. The number of rotatable bonds is 4. The van der Waals surface area contributed by atoms with Gasteiger partial charge in [-0.05, 0) is 36.8 Å². The van der Waals surface area contributed by atoms with Crippen LogP contribution in [0.2, 0.25) is 0 Å². The van der Waals surface area contributed by atoms with E-state index in [1.54, 1.807) is 0 Å². The van der Waals surface area contributed by atoms with Gasteiger partial charge < -0.3 is 10.1 Å². The van der Waals surface area contributed by atoms with Crippen LogP contribution < -0.4 is 5.32 Å². The fourth-order valence-electron chi connectivity index (χ4n) is 2.63. The highest BCUT2D eigenvalue weighted by atomic mass is 16.5. The molecule has 2 rings (SSSR count). The van der Waals surface area contributed by atoms with Crippen molar-refractivity contribution < 1.29 is 4.74 Å². The van der Waals surface area contributed by atoms with Crippen molar-refractivity contribution in [3.05, 3.63) is 35.4 Å². The van der Waals surface area contributed by atoms with Gasteiger partial charge in [0, 0.05) is 13.1 Å². The van der Waals surface area contributed by atoms with Gasteiger partial charge in [-0.1, -0.05) is 45.0 Å². The maximum atomic E-state index is 6.27. The van der Waals surface area contributed by atoms with Crippen molar-refractivity contribution in [1.82, 2.24) is 5.32 Å². The van der Waals surface area contributed by atoms with Crippen LogP contribution >= 0.6 is 0 Å². The van der Waals surface area contributed by atoms with Crippen LogP contribution in [0.5, 0.6) is 0 Å². The third kappa shape index (κ3) is 3.80. The Hall–Kier alpha value is -0.860. The zero-order valence-corrected chi connectivity index (χ0v) is 12.7. The Morgan fingerprint density at radius 3 is 2.58 bits per heavy atom. The predicted octanol–water partition coefficient (Wildman–Crippen LogP) is 3.71. The van der Waals surface area contributed by atoms with Gasteiger partial charge in [0.25, 0.3) is 0 Å². The van der Waals surface area contributed by atoms with Crippen molar-refractivity contribution >= 4 is 0 Å². The first-order valence-electron chi connectivity index (χ1n) is 7.50. The molecule has 1 heterocycles. The van der Waals surface area contributed by atoms with Crippen LogP contribution in [-0.4, -0.2) is 18.7 Å². The van der Waals surface area contributed by atoms with Crippen molar-refractivity contribution in [3.63, 3.8) is 0 Å². The number of morpholine rings is 1. The summed E-state index contributed by atoms with van der Waals surface area (Å²) in [4.78, 5) is 0. The van der Waals surface area contributed by atoms with Crippen molar-refractivity contribution in [3.8, 4) is 0 Å². The van der Waals surface area contributed by atoms with Gasteiger partial charge in [-0.15, -0.1) is 0 Å². The maximum absolute atomic E-state index is 6.27. The van der Waals surface area contributed by atoms with Gasteiger partial charge in [-0.25, -0.2) is 0 Å². The molecule has 106 valence electrons. The molecule has 1 N–H and O–H groups in total. The van der Waals surface area contributed by atoms with Crippen LogP contribution in [0.4, 0.5) is 0 Å². The van der Waals surface area contributed by atoms with Crippen molar-refractivity contribution in [1.29, 1.82) is 0 Å². The Morgan fingerprint density at radius 1 is 1.32 bits per heavy atom. The molecule has 0 radical (unpaired) electrons. The van der Waals surface area contributed by atoms with Crippen LogP contribution in [0.3, 0.4) is 0 Å². The third-order valence-corrected chi connectivity index (χ3v) is 4.00. The standard InChI is InChI=1S/C17H27NO/c1-5-17(4)12-18-11-16(19-17)15-8-6-14(7-9-15)10-13(2)3/h6-9,13,16,18H,5,10-12H2,1-4H3. The highest BCUT2D eigenvalue weighted by Crippen LogP contribution is 2.29. The van der Waals surface area contributed by atoms with E-state index in [4.69, 9.17) is 4.74 Å².